The Kier molecular flexibility index (Phi) is 5.65. The highest BCUT2D eigenvalue weighted by Gasteiger charge is 2.08. The molecule has 27 heavy (non-hydrogen) atoms. The van der Waals surface area contributed by atoms with Gasteiger partial charge in [0.1, 0.15) is 5.75 Å². The number of carbonyl (C=O) groups excluding carboxylic acids is 1. The molecule has 3 aromatic rings. The van der Waals surface area contributed by atoms with Gasteiger partial charge >= 0.3 is 0 Å². The summed E-state index contributed by atoms with van der Waals surface area (Å²) in [5.41, 5.74) is 3.15. The number of anilines is 3. The van der Waals surface area contributed by atoms with Crippen molar-refractivity contribution in [1.82, 2.24) is 4.98 Å². The van der Waals surface area contributed by atoms with Gasteiger partial charge in [0.25, 0.3) is 5.91 Å². The standard InChI is InChI=1S/C21H18N4O2/c1-2-27-20-9-7-17(8-10-20)24-19-11-16(13-23-14-19)21(26)25-18-5-3-15(12-22)4-6-18/h3-11,13-14,24H,2H2,1H3,(H,25,26). The van der Waals surface area contributed by atoms with Gasteiger partial charge < -0.3 is 15.4 Å². The number of benzene rings is 2. The molecule has 134 valence electrons. The predicted molar refractivity (Wildman–Crippen MR) is 104 cm³/mol. The van der Waals surface area contributed by atoms with E-state index in [1.165, 1.54) is 6.20 Å². The Balaban J connectivity index is 1.68. The first-order chi connectivity index (χ1) is 13.2. The highest BCUT2D eigenvalue weighted by molar-refractivity contribution is 6.04. The molecular formula is C21H18N4O2. The molecule has 0 spiro atoms. The molecule has 0 saturated carbocycles. The van der Waals surface area contributed by atoms with E-state index in [9.17, 15) is 4.79 Å². The van der Waals surface area contributed by atoms with Gasteiger partial charge in [-0.1, -0.05) is 0 Å². The molecule has 0 fully saturated rings. The molecule has 0 aliphatic carbocycles. The van der Waals surface area contributed by atoms with E-state index < -0.39 is 0 Å². The first kappa shape index (κ1) is 18.0. The smallest absolute Gasteiger partial charge is 0.257 e. The Hall–Kier alpha value is -3.85. The number of rotatable bonds is 6. The summed E-state index contributed by atoms with van der Waals surface area (Å²) < 4.78 is 5.42. The van der Waals surface area contributed by atoms with Crippen molar-refractivity contribution in [3.05, 3.63) is 78.1 Å². The van der Waals surface area contributed by atoms with Gasteiger partial charge in [0, 0.05) is 17.6 Å². The average molecular weight is 358 g/mol. The number of hydrogen-bond acceptors (Lipinski definition) is 5. The maximum Gasteiger partial charge on any atom is 0.257 e. The second kappa shape index (κ2) is 8.50. The average Bonchev–Trinajstić information content (AvgIpc) is 2.70. The normalized spacial score (nSPS) is 9.93. The molecular weight excluding hydrogens is 340 g/mol. The molecule has 0 bridgehead atoms. The Morgan fingerprint density at radius 1 is 1.04 bits per heavy atom. The van der Waals surface area contributed by atoms with E-state index in [-0.39, 0.29) is 5.91 Å². The molecule has 1 heterocycles. The molecule has 3 rings (SSSR count). The number of nitrogens with one attached hydrogen (secondary N) is 2. The van der Waals surface area contributed by atoms with Crippen molar-refractivity contribution in [2.75, 3.05) is 17.2 Å². The zero-order chi connectivity index (χ0) is 19.1. The van der Waals surface area contributed by atoms with Crippen molar-refractivity contribution in [1.29, 1.82) is 5.26 Å². The van der Waals surface area contributed by atoms with Crippen LogP contribution in [0.25, 0.3) is 0 Å². The summed E-state index contributed by atoms with van der Waals surface area (Å²) in [5, 5.41) is 14.8. The molecule has 0 unspecified atom stereocenters. The zero-order valence-electron chi connectivity index (χ0n) is 14.8. The lowest BCUT2D eigenvalue weighted by atomic mass is 10.2. The fraction of sp³-hybridized carbons (Fsp3) is 0.0952. The maximum absolute atomic E-state index is 12.4. The van der Waals surface area contributed by atoms with E-state index >= 15 is 0 Å². The van der Waals surface area contributed by atoms with Crippen molar-refractivity contribution < 1.29 is 9.53 Å². The van der Waals surface area contributed by atoms with E-state index in [0.29, 0.717) is 29.1 Å². The quantitative estimate of drug-likeness (QED) is 0.684. The molecule has 0 aliphatic heterocycles. The predicted octanol–water partition coefficient (Wildman–Crippen LogP) is 4.35. The van der Waals surface area contributed by atoms with Gasteiger partial charge in [-0.05, 0) is 61.5 Å². The summed E-state index contributed by atoms with van der Waals surface area (Å²) in [6.45, 7) is 2.55. The van der Waals surface area contributed by atoms with Crippen molar-refractivity contribution >= 4 is 23.0 Å². The number of aromatic nitrogens is 1. The summed E-state index contributed by atoms with van der Waals surface area (Å²) in [6, 6.07) is 18.0. The summed E-state index contributed by atoms with van der Waals surface area (Å²) in [4.78, 5) is 16.6. The first-order valence-corrected chi connectivity index (χ1v) is 8.44. The third kappa shape index (κ3) is 4.83. The fourth-order valence-electron chi connectivity index (χ4n) is 2.43. The monoisotopic (exact) mass is 358 g/mol. The molecule has 6 heteroatoms. The zero-order valence-corrected chi connectivity index (χ0v) is 14.8. The highest BCUT2D eigenvalue weighted by Crippen LogP contribution is 2.20. The second-order valence-electron chi connectivity index (χ2n) is 5.69. The minimum absolute atomic E-state index is 0.275. The van der Waals surface area contributed by atoms with E-state index in [1.54, 1.807) is 36.5 Å². The van der Waals surface area contributed by atoms with Crippen LogP contribution in [0.3, 0.4) is 0 Å². The number of amides is 1. The number of nitrogens with zero attached hydrogens (tertiary/aromatic N) is 2. The van der Waals surface area contributed by atoms with Gasteiger partial charge in [-0.3, -0.25) is 9.78 Å². The van der Waals surface area contributed by atoms with Gasteiger partial charge in [0.2, 0.25) is 0 Å². The second-order valence-corrected chi connectivity index (χ2v) is 5.69. The van der Waals surface area contributed by atoms with Crippen LogP contribution in [0.15, 0.2) is 67.0 Å². The van der Waals surface area contributed by atoms with Crippen molar-refractivity contribution in [3.63, 3.8) is 0 Å². The summed E-state index contributed by atoms with van der Waals surface area (Å²) in [7, 11) is 0. The number of pyridine rings is 1. The number of ether oxygens (including phenoxy) is 1. The molecule has 1 aromatic heterocycles. The fourth-order valence-corrected chi connectivity index (χ4v) is 2.43. The van der Waals surface area contributed by atoms with Gasteiger partial charge in [-0.15, -0.1) is 0 Å². The van der Waals surface area contributed by atoms with E-state index in [0.717, 1.165) is 11.4 Å². The minimum Gasteiger partial charge on any atom is -0.494 e. The third-order valence-electron chi connectivity index (χ3n) is 3.73. The van der Waals surface area contributed by atoms with Crippen molar-refractivity contribution in [2.24, 2.45) is 0 Å². The number of hydrogen-bond donors (Lipinski definition) is 2. The van der Waals surface area contributed by atoms with Crippen LogP contribution < -0.4 is 15.4 Å². The summed E-state index contributed by atoms with van der Waals surface area (Å²) in [5.74, 6) is 0.527. The van der Waals surface area contributed by atoms with Crippen LogP contribution in [0.1, 0.15) is 22.8 Å². The Morgan fingerprint density at radius 2 is 1.74 bits per heavy atom. The Bertz CT molecular complexity index is 961. The summed E-state index contributed by atoms with van der Waals surface area (Å²) >= 11 is 0. The summed E-state index contributed by atoms with van der Waals surface area (Å²) in [6.07, 6.45) is 3.15. The van der Waals surface area contributed by atoms with E-state index in [4.69, 9.17) is 10.00 Å². The molecule has 1 amide bonds. The van der Waals surface area contributed by atoms with Gasteiger partial charge in [0.05, 0.1) is 35.7 Å². The Labute approximate surface area is 157 Å². The van der Waals surface area contributed by atoms with Crippen LogP contribution in [-0.2, 0) is 0 Å². The lowest BCUT2D eigenvalue weighted by Crippen LogP contribution is -2.12. The molecule has 0 aliphatic rings. The first-order valence-electron chi connectivity index (χ1n) is 8.44. The molecule has 0 radical (unpaired) electrons. The highest BCUT2D eigenvalue weighted by atomic mass is 16.5. The van der Waals surface area contributed by atoms with Crippen LogP contribution in [0.5, 0.6) is 5.75 Å². The molecule has 0 saturated heterocycles. The largest absolute Gasteiger partial charge is 0.494 e. The lowest BCUT2D eigenvalue weighted by Gasteiger charge is -2.10. The van der Waals surface area contributed by atoms with Gasteiger partial charge in [-0.2, -0.15) is 5.26 Å². The van der Waals surface area contributed by atoms with Crippen LogP contribution in [0.4, 0.5) is 17.1 Å². The topological polar surface area (TPSA) is 87.0 Å². The number of carbonyl (C=O) groups is 1. The SMILES string of the molecule is CCOc1ccc(Nc2cncc(C(=O)Nc3ccc(C#N)cc3)c2)cc1. The molecule has 0 atom stereocenters. The lowest BCUT2D eigenvalue weighted by molar-refractivity contribution is 0.102. The van der Waals surface area contributed by atoms with E-state index in [1.807, 2.05) is 37.3 Å². The molecule has 6 nitrogen and oxygen atoms in total. The number of nitriles is 1. The van der Waals surface area contributed by atoms with Crippen LogP contribution in [0.2, 0.25) is 0 Å². The van der Waals surface area contributed by atoms with Crippen LogP contribution >= 0.6 is 0 Å². The van der Waals surface area contributed by atoms with Crippen molar-refractivity contribution in [2.45, 2.75) is 6.92 Å². The third-order valence-corrected chi connectivity index (χ3v) is 3.73. The molecule has 2 aromatic carbocycles. The van der Waals surface area contributed by atoms with Crippen LogP contribution in [0, 0.1) is 11.3 Å². The molecule has 2 N–H and O–H groups in total. The van der Waals surface area contributed by atoms with Gasteiger partial charge in [0.15, 0.2) is 0 Å². The van der Waals surface area contributed by atoms with Gasteiger partial charge in [-0.25, -0.2) is 0 Å². The minimum atomic E-state index is -0.275. The van der Waals surface area contributed by atoms with Crippen LogP contribution in [-0.4, -0.2) is 17.5 Å². The maximum atomic E-state index is 12.4. The Morgan fingerprint density at radius 3 is 2.41 bits per heavy atom. The van der Waals surface area contributed by atoms with E-state index in [2.05, 4.69) is 15.6 Å². The van der Waals surface area contributed by atoms with Crippen molar-refractivity contribution in [3.8, 4) is 11.8 Å².